The Bertz CT molecular complexity index is 558. The molecule has 1 aromatic rings. The van der Waals surface area contributed by atoms with E-state index >= 15 is 0 Å². The van der Waals surface area contributed by atoms with Crippen molar-refractivity contribution in [1.82, 2.24) is 9.55 Å². The Morgan fingerprint density at radius 3 is 2.84 bits per heavy atom. The van der Waals surface area contributed by atoms with E-state index < -0.39 is 5.69 Å². The van der Waals surface area contributed by atoms with Gasteiger partial charge in [-0.25, -0.2) is 4.79 Å². The Morgan fingerprint density at radius 2 is 2.26 bits per heavy atom. The number of nitrogens with one attached hydrogen (secondary N) is 1. The summed E-state index contributed by atoms with van der Waals surface area (Å²) < 4.78 is 6.62. The highest BCUT2D eigenvalue weighted by molar-refractivity contribution is 6.30. The third-order valence-corrected chi connectivity index (χ3v) is 4.05. The van der Waals surface area contributed by atoms with Crippen molar-refractivity contribution in [3.05, 3.63) is 31.6 Å². The first-order valence-electron chi connectivity index (χ1n) is 6.67. The van der Waals surface area contributed by atoms with Gasteiger partial charge in [-0.15, -0.1) is 0 Å². The third-order valence-electron chi connectivity index (χ3n) is 3.73. The molecule has 19 heavy (non-hydrogen) atoms. The summed E-state index contributed by atoms with van der Waals surface area (Å²) in [5, 5.41) is 0.169. The maximum atomic E-state index is 12.4. The lowest BCUT2D eigenvalue weighted by Gasteiger charge is -2.20. The third kappa shape index (κ3) is 2.77. The molecule has 0 radical (unpaired) electrons. The summed E-state index contributed by atoms with van der Waals surface area (Å²) >= 11 is 5.96. The molecule has 1 aromatic heterocycles. The summed E-state index contributed by atoms with van der Waals surface area (Å²) in [6.07, 6.45) is 2.25. The molecule has 0 spiro atoms. The number of halogens is 1. The fourth-order valence-corrected chi connectivity index (χ4v) is 2.80. The van der Waals surface area contributed by atoms with Gasteiger partial charge in [-0.3, -0.25) is 14.3 Å². The number of nitrogens with zero attached hydrogens (tertiary/aromatic N) is 1. The molecule has 2 rings (SSSR count). The monoisotopic (exact) mass is 286 g/mol. The summed E-state index contributed by atoms with van der Waals surface area (Å²) in [6, 6.07) is -0.174. The van der Waals surface area contributed by atoms with Crippen molar-refractivity contribution in [1.29, 1.82) is 0 Å². The van der Waals surface area contributed by atoms with Crippen molar-refractivity contribution in [2.45, 2.75) is 39.2 Å². The second kappa shape index (κ2) is 5.92. The molecule has 1 aliphatic heterocycles. The van der Waals surface area contributed by atoms with Gasteiger partial charge in [0.15, 0.2) is 0 Å². The maximum Gasteiger partial charge on any atom is 0.329 e. The van der Waals surface area contributed by atoms with Gasteiger partial charge < -0.3 is 4.74 Å². The number of hydrogen-bond donors (Lipinski definition) is 1. The van der Waals surface area contributed by atoms with Crippen molar-refractivity contribution in [2.24, 2.45) is 5.92 Å². The summed E-state index contributed by atoms with van der Waals surface area (Å²) in [7, 11) is 0. The van der Waals surface area contributed by atoms with E-state index in [2.05, 4.69) is 4.98 Å². The quantitative estimate of drug-likeness (QED) is 0.858. The minimum Gasteiger partial charge on any atom is -0.381 e. The van der Waals surface area contributed by atoms with Crippen LogP contribution in [0.5, 0.6) is 0 Å². The Morgan fingerprint density at radius 1 is 1.53 bits per heavy atom. The van der Waals surface area contributed by atoms with Crippen molar-refractivity contribution in [2.75, 3.05) is 13.2 Å². The fourth-order valence-electron chi connectivity index (χ4n) is 2.54. The standard InChI is InChI=1S/C13H19ClN2O3/c1-3-4-10-11(14)15-13(18)16(12(10)17)8(2)9-5-6-19-7-9/h8-9H,3-7H2,1-2H3,(H,15,18). The molecule has 1 saturated heterocycles. The van der Waals surface area contributed by atoms with Gasteiger partial charge in [0.1, 0.15) is 5.15 Å². The first kappa shape index (κ1) is 14.3. The van der Waals surface area contributed by atoms with Crippen molar-refractivity contribution in [3.8, 4) is 0 Å². The normalized spacial score (nSPS) is 20.7. The minimum absolute atomic E-state index is 0.169. The molecule has 0 amide bonds. The molecular formula is C13H19ClN2O3. The smallest absolute Gasteiger partial charge is 0.329 e. The molecule has 1 aliphatic rings. The van der Waals surface area contributed by atoms with Crippen LogP contribution in [0.25, 0.3) is 0 Å². The van der Waals surface area contributed by atoms with Gasteiger partial charge in [0.05, 0.1) is 12.2 Å². The van der Waals surface area contributed by atoms with Gasteiger partial charge in [-0.1, -0.05) is 24.9 Å². The lowest BCUT2D eigenvalue weighted by Crippen LogP contribution is -2.41. The van der Waals surface area contributed by atoms with Crippen LogP contribution in [0.3, 0.4) is 0 Å². The van der Waals surface area contributed by atoms with Gasteiger partial charge in [0.2, 0.25) is 0 Å². The Kier molecular flexibility index (Phi) is 4.47. The molecular weight excluding hydrogens is 268 g/mol. The van der Waals surface area contributed by atoms with Crippen LogP contribution in [0, 0.1) is 5.92 Å². The maximum absolute atomic E-state index is 12.4. The number of aromatic amines is 1. The number of ether oxygens (including phenoxy) is 1. The van der Waals surface area contributed by atoms with Crippen LogP contribution in [-0.2, 0) is 11.2 Å². The van der Waals surface area contributed by atoms with E-state index in [-0.39, 0.29) is 22.7 Å². The Labute approximate surface area is 116 Å². The molecule has 106 valence electrons. The molecule has 0 bridgehead atoms. The minimum atomic E-state index is -0.436. The van der Waals surface area contributed by atoms with E-state index in [0.29, 0.717) is 25.2 Å². The summed E-state index contributed by atoms with van der Waals surface area (Å²) in [4.78, 5) is 27.0. The molecule has 2 heterocycles. The topological polar surface area (TPSA) is 64.1 Å². The van der Waals surface area contributed by atoms with Gasteiger partial charge in [0, 0.05) is 18.6 Å². The van der Waals surface area contributed by atoms with Crippen LogP contribution < -0.4 is 11.2 Å². The van der Waals surface area contributed by atoms with E-state index in [0.717, 1.165) is 12.8 Å². The predicted molar refractivity (Wildman–Crippen MR) is 74.0 cm³/mol. The van der Waals surface area contributed by atoms with Crippen LogP contribution >= 0.6 is 11.6 Å². The van der Waals surface area contributed by atoms with Gasteiger partial charge in [-0.05, 0) is 19.8 Å². The summed E-state index contributed by atoms with van der Waals surface area (Å²) in [6.45, 7) is 5.15. The summed E-state index contributed by atoms with van der Waals surface area (Å²) in [5.41, 5.74) is -0.209. The highest BCUT2D eigenvalue weighted by Crippen LogP contribution is 2.24. The lowest BCUT2D eigenvalue weighted by atomic mass is 10.0. The molecule has 6 heteroatoms. The number of hydrogen-bond acceptors (Lipinski definition) is 3. The largest absolute Gasteiger partial charge is 0.381 e. The van der Waals surface area contributed by atoms with Crippen molar-refractivity contribution in [3.63, 3.8) is 0 Å². The molecule has 1 N–H and O–H groups in total. The first-order chi connectivity index (χ1) is 9.06. The number of aromatic nitrogens is 2. The van der Waals surface area contributed by atoms with Crippen LogP contribution in [-0.4, -0.2) is 22.8 Å². The number of H-pyrrole nitrogens is 1. The second-order valence-electron chi connectivity index (χ2n) is 5.01. The Balaban J connectivity index is 2.47. The van der Waals surface area contributed by atoms with E-state index in [1.165, 1.54) is 4.57 Å². The van der Waals surface area contributed by atoms with Crippen LogP contribution in [0.1, 0.15) is 38.3 Å². The van der Waals surface area contributed by atoms with E-state index in [9.17, 15) is 9.59 Å². The van der Waals surface area contributed by atoms with Gasteiger partial charge in [0.25, 0.3) is 5.56 Å². The fraction of sp³-hybridized carbons (Fsp3) is 0.692. The van der Waals surface area contributed by atoms with Crippen LogP contribution in [0.2, 0.25) is 5.15 Å². The average molecular weight is 287 g/mol. The molecule has 0 aromatic carbocycles. The first-order valence-corrected chi connectivity index (χ1v) is 7.05. The molecule has 1 fully saturated rings. The van der Waals surface area contributed by atoms with E-state index in [1.54, 1.807) is 0 Å². The highest BCUT2D eigenvalue weighted by atomic mass is 35.5. The van der Waals surface area contributed by atoms with Gasteiger partial charge >= 0.3 is 5.69 Å². The zero-order chi connectivity index (χ0) is 14.0. The zero-order valence-corrected chi connectivity index (χ0v) is 12.0. The van der Waals surface area contributed by atoms with E-state index in [1.807, 2.05) is 13.8 Å². The Hall–Kier alpha value is -1.07. The molecule has 2 unspecified atom stereocenters. The van der Waals surface area contributed by atoms with Crippen molar-refractivity contribution < 1.29 is 4.74 Å². The zero-order valence-electron chi connectivity index (χ0n) is 11.2. The van der Waals surface area contributed by atoms with E-state index in [4.69, 9.17) is 16.3 Å². The van der Waals surface area contributed by atoms with Crippen LogP contribution in [0.15, 0.2) is 9.59 Å². The second-order valence-corrected chi connectivity index (χ2v) is 5.39. The van der Waals surface area contributed by atoms with Gasteiger partial charge in [-0.2, -0.15) is 0 Å². The molecule has 0 saturated carbocycles. The molecule has 0 aliphatic carbocycles. The average Bonchev–Trinajstić information content (AvgIpc) is 2.87. The van der Waals surface area contributed by atoms with Crippen molar-refractivity contribution >= 4 is 11.6 Å². The number of rotatable bonds is 4. The predicted octanol–water partition coefficient (Wildman–Crippen LogP) is 1.74. The molecule has 5 nitrogen and oxygen atoms in total. The van der Waals surface area contributed by atoms with Crippen LogP contribution in [0.4, 0.5) is 0 Å². The highest BCUT2D eigenvalue weighted by Gasteiger charge is 2.26. The lowest BCUT2D eigenvalue weighted by molar-refractivity contribution is 0.173. The summed E-state index contributed by atoms with van der Waals surface area (Å²) in [5.74, 6) is 0.203. The SMILES string of the molecule is CCCc1c(Cl)[nH]c(=O)n(C(C)C2CCOC2)c1=O. The molecule has 2 atom stereocenters.